The van der Waals surface area contributed by atoms with E-state index in [4.69, 9.17) is 10.5 Å². The molecule has 0 aliphatic carbocycles. The zero-order valence-electron chi connectivity index (χ0n) is 19.8. The number of carbonyl (C=O) groups excluding carboxylic acids is 1. The van der Waals surface area contributed by atoms with Crippen molar-refractivity contribution >= 4 is 60.8 Å². The van der Waals surface area contributed by atoms with Gasteiger partial charge >= 0.3 is 5.97 Å². The number of hydrogen-bond acceptors (Lipinski definition) is 10. The average molecular weight is 535 g/mol. The van der Waals surface area contributed by atoms with E-state index in [0.29, 0.717) is 32.6 Å². The number of likely N-dealkylation sites (tertiary alicyclic amines) is 1. The van der Waals surface area contributed by atoms with E-state index in [1.165, 1.54) is 18.2 Å². The van der Waals surface area contributed by atoms with Crippen LogP contribution in [0.25, 0.3) is 10.8 Å². The van der Waals surface area contributed by atoms with Crippen LogP contribution in [-0.4, -0.2) is 80.1 Å². The summed E-state index contributed by atoms with van der Waals surface area (Å²) >= 11 is 1.13. The molecule has 2 aromatic heterocycles. The second kappa shape index (κ2) is 10.1. The highest BCUT2D eigenvalue weighted by Gasteiger charge is 2.43. The van der Waals surface area contributed by atoms with Crippen LogP contribution in [0.4, 0.5) is 16.0 Å². The Bertz CT molecular complexity index is 1380. The first kappa shape index (κ1) is 25.4. The van der Waals surface area contributed by atoms with Crippen molar-refractivity contribution in [3.05, 3.63) is 36.2 Å². The van der Waals surface area contributed by atoms with Crippen molar-refractivity contribution in [3.8, 4) is 5.75 Å². The van der Waals surface area contributed by atoms with Crippen LogP contribution in [-0.2, 0) is 26.9 Å². The third kappa shape index (κ3) is 4.73. The minimum atomic E-state index is -3.16. The molecule has 3 N–H and O–H groups in total. The van der Waals surface area contributed by atoms with Crippen LogP contribution in [0.3, 0.4) is 0 Å². The van der Waals surface area contributed by atoms with Crippen LogP contribution < -0.4 is 19.7 Å². The second-order valence-corrected chi connectivity index (χ2v) is 10.3. The Morgan fingerprint density at radius 1 is 1.36 bits per heavy atom. The molecular formula is C22H26N6O6S2. The number of pyridine rings is 1. The summed E-state index contributed by atoms with van der Waals surface area (Å²) in [5, 5.41) is 12.3. The molecule has 1 fully saturated rings. The van der Waals surface area contributed by atoms with Crippen LogP contribution in [0.1, 0.15) is 12.0 Å². The Morgan fingerprint density at radius 3 is 2.72 bits per heavy atom. The van der Waals surface area contributed by atoms with Crippen molar-refractivity contribution in [1.82, 2.24) is 14.9 Å². The molecule has 1 saturated heterocycles. The number of carboxylic acids is 1. The van der Waals surface area contributed by atoms with E-state index in [9.17, 15) is 23.1 Å². The van der Waals surface area contributed by atoms with E-state index in [2.05, 4.69) is 9.97 Å². The van der Waals surface area contributed by atoms with E-state index < -0.39 is 34.9 Å². The monoisotopic (exact) mass is 534 g/mol. The first-order valence-electron chi connectivity index (χ1n) is 10.9. The molecular weight excluding hydrogens is 508 g/mol. The van der Waals surface area contributed by atoms with Gasteiger partial charge in [-0.1, -0.05) is 11.3 Å². The highest BCUT2D eigenvalue weighted by molar-refractivity contribution is 7.74. The molecule has 4 rings (SSSR count). The van der Waals surface area contributed by atoms with Gasteiger partial charge < -0.3 is 25.4 Å². The summed E-state index contributed by atoms with van der Waals surface area (Å²) < 4.78 is 30.8. The normalized spacial score (nSPS) is 16.5. The molecule has 192 valence electrons. The summed E-state index contributed by atoms with van der Waals surface area (Å²) in [4.78, 5) is 36.9. The van der Waals surface area contributed by atoms with Gasteiger partial charge in [0.05, 0.1) is 13.3 Å². The molecule has 1 aliphatic rings. The molecule has 0 saturated carbocycles. The number of ether oxygens (including phenoxy) is 1. The number of aliphatic carboxylic acids is 1. The number of thiol groups is 1. The van der Waals surface area contributed by atoms with Crippen molar-refractivity contribution in [1.29, 1.82) is 0 Å². The highest BCUT2D eigenvalue weighted by atomic mass is 32.2. The van der Waals surface area contributed by atoms with Crippen LogP contribution in [0.5, 0.6) is 5.75 Å². The Kier molecular flexibility index (Phi) is 7.17. The van der Waals surface area contributed by atoms with Crippen molar-refractivity contribution in [2.24, 2.45) is 0 Å². The second-order valence-electron chi connectivity index (χ2n) is 8.43. The largest absolute Gasteiger partial charge is 0.496 e. The summed E-state index contributed by atoms with van der Waals surface area (Å²) in [5.74, 6) is -1.04. The Hall–Kier alpha value is -3.65. The summed E-state index contributed by atoms with van der Waals surface area (Å²) in [6.45, 7) is 0.0895. The number of carboxylic acid groups (broad SMARTS) is 1. The maximum Gasteiger partial charge on any atom is 0.326 e. The molecule has 0 radical (unpaired) electrons. The molecule has 3 heterocycles. The predicted molar refractivity (Wildman–Crippen MR) is 137 cm³/mol. The van der Waals surface area contributed by atoms with Gasteiger partial charge in [0.2, 0.25) is 16.8 Å². The van der Waals surface area contributed by atoms with Gasteiger partial charge in [0.25, 0.3) is 0 Å². The quantitative estimate of drug-likeness (QED) is 0.338. The number of nitrogen functional groups attached to an aromatic ring is 1. The molecule has 0 bridgehead atoms. The lowest BCUT2D eigenvalue weighted by molar-refractivity contribution is -0.148. The number of nitrogens with two attached hydrogens (primary N) is 1. The molecule has 3 aromatic rings. The first-order valence-corrected chi connectivity index (χ1v) is 12.9. The molecule has 1 amide bonds. The number of benzene rings is 1. The Balaban J connectivity index is 1.64. The SMILES string of the molecule is COc1cc2c(N)nccc2cc1C[C@H](C(=O)O)N1CC[C@H](N(c2cnc(N(C)C)s2)[SH](=O)=O)C1=O. The highest BCUT2D eigenvalue weighted by Crippen LogP contribution is 2.34. The van der Waals surface area contributed by atoms with E-state index >= 15 is 0 Å². The number of fused-ring (bicyclic) bond motifs is 1. The summed E-state index contributed by atoms with van der Waals surface area (Å²) in [5.41, 5.74) is 6.53. The molecule has 1 aromatic carbocycles. The van der Waals surface area contributed by atoms with Crippen LogP contribution in [0, 0.1) is 0 Å². The van der Waals surface area contributed by atoms with Gasteiger partial charge in [0.1, 0.15) is 28.7 Å². The molecule has 36 heavy (non-hydrogen) atoms. The number of carbonyl (C=O) groups is 2. The molecule has 0 unspecified atom stereocenters. The van der Waals surface area contributed by atoms with Crippen molar-refractivity contribution in [2.45, 2.75) is 24.9 Å². The van der Waals surface area contributed by atoms with Gasteiger partial charge in [-0.3, -0.25) is 4.79 Å². The summed E-state index contributed by atoms with van der Waals surface area (Å²) in [7, 11) is 1.85. The lowest BCUT2D eigenvalue weighted by Gasteiger charge is -2.27. The smallest absolute Gasteiger partial charge is 0.326 e. The Labute approximate surface area is 213 Å². The van der Waals surface area contributed by atoms with Crippen LogP contribution in [0.2, 0.25) is 0 Å². The summed E-state index contributed by atoms with van der Waals surface area (Å²) in [6.07, 6.45) is 3.06. The number of amides is 1. The number of rotatable bonds is 9. The lowest BCUT2D eigenvalue weighted by Crippen LogP contribution is -2.48. The number of hydrogen-bond donors (Lipinski definition) is 3. The van der Waals surface area contributed by atoms with E-state index in [0.717, 1.165) is 21.0 Å². The summed E-state index contributed by atoms with van der Waals surface area (Å²) in [6, 6.07) is 2.93. The molecule has 2 atom stereocenters. The third-order valence-corrected chi connectivity index (χ3v) is 8.19. The fourth-order valence-corrected chi connectivity index (χ4v) is 6.08. The van der Waals surface area contributed by atoms with Gasteiger partial charge in [-0.25, -0.2) is 27.5 Å². The predicted octanol–water partition coefficient (Wildman–Crippen LogP) is 0.978. The Morgan fingerprint density at radius 2 is 2.11 bits per heavy atom. The number of anilines is 3. The van der Waals surface area contributed by atoms with E-state index in [1.807, 2.05) is 0 Å². The zero-order chi connectivity index (χ0) is 26.1. The third-order valence-electron chi connectivity index (χ3n) is 6.04. The molecule has 12 nitrogen and oxygen atoms in total. The fraction of sp³-hybridized carbons (Fsp3) is 0.364. The van der Waals surface area contributed by atoms with Gasteiger partial charge in [0.15, 0.2) is 5.13 Å². The number of methoxy groups -OCH3 is 1. The maximum absolute atomic E-state index is 13.4. The molecule has 0 spiro atoms. The molecule has 1 aliphatic heterocycles. The standard InChI is InChI=1S/C22H26N6O6S2/c1-26(2)22-25-11-18(35-22)28(36(32)33)15-5-7-27(20(15)29)16(21(30)31)9-13-8-12-4-6-24-19(23)14(12)10-17(13)34-3/h4,6,8,10-11,15-16,36H,5,7,9H2,1-3H3,(H2,23,24)(H,30,31)/t15-,16+/m0/s1. The van der Waals surface area contributed by atoms with Crippen molar-refractivity contribution in [2.75, 3.05) is 42.7 Å². The maximum atomic E-state index is 13.4. The lowest BCUT2D eigenvalue weighted by atomic mass is 10.00. The van der Waals surface area contributed by atoms with E-state index in [-0.39, 0.29) is 19.4 Å². The minimum absolute atomic E-state index is 0.0377. The van der Waals surface area contributed by atoms with Crippen molar-refractivity contribution in [3.63, 3.8) is 0 Å². The topological polar surface area (TPSA) is 159 Å². The molecule has 14 heteroatoms. The van der Waals surface area contributed by atoms with Gasteiger partial charge in [-0.2, -0.15) is 0 Å². The van der Waals surface area contributed by atoms with Gasteiger partial charge in [-0.05, 0) is 35.6 Å². The number of aromatic nitrogens is 2. The van der Waals surface area contributed by atoms with Crippen LogP contribution in [0.15, 0.2) is 30.6 Å². The zero-order valence-corrected chi connectivity index (χ0v) is 21.5. The number of thiazole rings is 1. The minimum Gasteiger partial charge on any atom is -0.496 e. The van der Waals surface area contributed by atoms with Gasteiger partial charge in [-0.15, -0.1) is 0 Å². The average Bonchev–Trinajstić information content (AvgIpc) is 3.45. The number of nitrogens with zero attached hydrogens (tertiary/aromatic N) is 5. The van der Waals surface area contributed by atoms with E-state index in [1.54, 1.807) is 43.4 Å². The first-order chi connectivity index (χ1) is 17.1. The van der Waals surface area contributed by atoms with Crippen molar-refractivity contribution < 1.29 is 27.9 Å². The van der Waals surface area contributed by atoms with Gasteiger partial charge in [0, 0.05) is 38.6 Å². The fourth-order valence-electron chi connectivity index (χ4n) is 4.30. The van der Waals surface area contributed by atoms with Crippen LogP contribution >= 0.6 is 11.3 Å².